The molecule has 120 valence electrons. The second-order valence-corrected chi connectivity index (χ2v) is 5.34. The molecule has 0 saturated carbocycles. The largest absolute Gasteiger partial charge is 0.394 e. The van der Waals surface area contributed by atoms with Gasteiger partial charge in [-0.05, 0) is 29.8 Å². The van der Waals surface area contributed by atoms with Crippen molar-refractivity contribution in [2.45, 2.75) is 6.04 Å². The van der Waals surface area contributed by atoms with E-state index in [1.807, 2.05) is 0 Å². The second kappa shape index (κ2) is 8.31. The summed E-state index contributed by atoms with van der Waals surface area (Å²) < 4.78 is 0. The average Bonchev–Trinajstić information content (AvgIpc) is 2.59. The number of aliphatic hydroxyl groups is 1. The summed E-state index contributed by atoms with van der Waals surface area (Å²) in [5.41, 5.74) is 1.22. The molecule has 1 atom stereocenters. The van der Waals surface area contributed by atoms with Gasteiger partial charge in [-0.2, -0.15) is 0 Å². The maximum atomic E-state index is 11.9. The zero-order valence-corrected chi connectivity index (χ0v) is 13.1. The molecule has 0 saturated heterocycles. The molecule has 0 spiro atoms. The number of hydrogen-bond donors (Lipinski definition) is 3. The van der Waals surface area contributed by atoms with Crippen LogP contribution in [0.3, 0.4) is 0 Å². The molecule has 2 amide bonds. The highest BCUT2D eigenvalue weighted by atomic mass is 35.5. The van der Waals surface area contributed by atoms with Crippen LogP contribution < -0.4 is 10.6 Å². The van der Waals surface area contributed by atoms with Crippen molar-refractivity contribution in [3.8, 4) is 0 Å². The third-order valence-corrected chi connectivity index (χ3v) is 3.49. The van der Waals surface area contributed by atoms with Gasteiger partial charge in [0.2, 0.25) is 5.91 Å². The van der Waals surface area contributed by atoms with Gasteiger partial charge in [0.15, 0.2) is 0 Å². The lowest BCUT2D eigenvalue weighted by Gasteiger charge is -2.17. The molecular weight excluding hydrogens is 316 g/mol. The highest BCUT2D eigenvalue weighted by Gasteiger charge is 2.14. The lowest BCUT2D eigenvalue weighted by atomic mass is 10.1. The number of nitrogens with one attached hydrogen (secondary N) is 2. The summed E-state index contributed by atoms with van der Waals surface area (Å²) in [4.78, 5) is 23.8. The van der Waals surface area contributed by atoms with Gasteiger partial charge in [0.25, 0.3) is 5.91 Å². The quantitative estimate of drug-likeness (QED) is 0.756. The molecule has 2 rings (SSSR count). The van der Waals surface area contributed by atoms with Crippen molar-refractivity contribution in [2.75, 3.05) is 13.2 Å². The van der Waals surface area contributed by atoms with E-state index in [1.165, 1.54) is 0 Å². The fraction of sp³-hybridized carbons (Fsp3) is 0.176. The highest BCUT2D eigenvalue weighted by molar-refractivity contribution is 6.30. The van der Waals surface area contributed by atoms with E-state index < -0.39 is 6.04 Å². The molecule has 1 unspecified atom stereocenters. The molecule has 2 aromatic rings. The molecule has 0 aliphatic carbocycles. The van der Waals surface area contributed by atoms with Crippen LogP contribution >= 0.6 is 11.6 Å². The van der Waals surface area contributed by atoms with Crippen molar-refractivity contribution in [1.29, 1.82) is 0 Å². The van der Waals surface area contributed by atoms with E-state index in [1.54, 1.807) is 54.6 Å². The maximum Gasteiger partial charge on any atom is 0.251 e. The molecule has 3 N–H and O–H groups in total. The molecule has 0 aliphatic heterocycles. The maximum absolute atomic E-state index is 11.9. The van der Waals surface area contributed by atoms with E-state index in [2.05, 4.69) is 10.6 Å². The minimum atomic E-state index is -0.548. The first kappa shape index (κ1) is 17.0. The van der Waals surface area contributed by atoms with Crippen LogP contribution in [-0.2, 0) is 4.79 Å². The Morgan fingerprint density at radius 1 is 1.04 bits per heavy atom. The molecule has 0 fully saturated rings. The fourth-order valence-corrected chi connectivity index (χ4v) is 2.15. The molecule has 6 heteroatoms. The normalized spacial score (nSPS) is 11.6. The Labute approximate surface area is 139 Å². The summed E-state index contributed by atoms with van der Waals surface area (Å²) in [5.74, 6) is -0.712. The topological polar surface area (TPSA) is 78.4 Å². The van der Waals surface area contributed by atoms with Crippen molar-refractivity contribution >= 4 is 23.4 Å². The van der Waals surface area contributed by atoms with E-state index in [-0.39, 0.29) is 25.0 Å². The Kier molecular flexibility index (Phi) is 6.14. The second-order valence-electron chi connectivity index (χ2n) is 4.90. The first-order chi connectivity index (χ1) is 11.1. The monoisotopic (exact) mass is 332 g/mol. The van der Waals surface area contributed by atoms with E-state index in [4.69, 9.17) is 11.6 Å². The predicted molar refractivity (Wildman–Crippen MR) is 88.2 cm³/mol. The molecule has 23 heavy (non-hydrogen) atoms. The molecule has 0 aliphatic rings. The van der Waals surface area contributed by atoms with Crippen LogP contribution in [-0.4, -0.2) is 30.1 Å². The molecule has 0 aromatic heterocycles. The van der Waals surface area contributed by atoms with Crippen LogP contribution in [0.15, 0.2) is 54.6 Å². The van der Waals surface area contributed by atoms with Crippen LogP contribution in [0, 0.1) is 0 Å². The van der Waals surface area contributed by atoms with Gasteiger partial charge in [-0.3, -0.25) is 9.59 Å². The van der Waals surface area contributed by atoms with Gasteiger partial charge in [0.1, 0.15) is 0 Å². The summed E-state index contributed by atoms with van der Waals surface area (Å²) in [5, 5.41) is 15.2. The van der Waals surface area contributed by atoms with Gasteiger partial charge >= 0.3 is 0 Å². The SMILES string of the molecule is O=C(CNC(=O)c1ccccc1)NC(CO)c1ccc(Cl)cc1. The van der Waals surface area contributed by atoms with Gasteiger partial charge in [-0.1, -0.05) is 41.9 Å². The van der Waals surface area contributed by atoms with E-state index in [0.29, 0.717) is 10.6 Å². The van der Waals surface area contributed by atoms with Gasteiger partial charge < -0.3 is 15.7 Å². The standard InChI is InChI=1S/C17H17ClN2O3/c18-14-8-6-12(7-9-14)15(11-21)20-16(22)10-19-17(23)13-4-2-1-3-5-13/h1-9,15,21H,10-11H2,(H,19,23)(H,20,22). The Morgan fingerprint density at radius 3 is 2.30 bits per heavy atom. The number of halogens is 1. The Bertz CT molecular complexity index is 659. The first-order valence-electron chi connectivity index (χ1n) is 7.09. The van der Waals surface area contributed by atoms with E-state index >= 15 is 0 Å². The number of benzene rings is 2. The number of amides is 2. The Hall–Kier alpha value is -2.37. The molecule has 2 aromatic carbocycles. The predicted octanol–water partition coefficient (Wildman–Crippen LogP) is 1.92. The number of carbonyl (C=O) groups is 2. The summed E-state index contributed by atoms with van der Waals surface area (Å²) >= 11 is 5.81. The summed E-state index contributed by atoms with van der Waals surface area (Å²) in [7, 11) is 0. The minimum Gasteiger partial charge on any atom is -0.394 e. The number of aliphatic hydroxyl groups excluding tert-OH is 1. The van der Waals surface area contributed by atoms with Gasteiger partial charge in [0, 0.05) is 10.6 Å². The van der Waals surface area contributed by atoms with Crippen molar-refractivity contribution in [2.24, 2.45) is 0 Å². The van der Waals surface area contributed by atoms with Crippen LogP contribution in [0.1, 0.15) is 22.0 Å². The smallest absolute Gasteiger partial charge is 0.251 e. The molecule has 0 heterocycles. The third kappa shape index (κ3) is 5.09. The van der Waals surface area contributed by atoms with Crippen LogP contribution in [0.4, 0.5) is 0 Å². The Balaban J connectivity index is 1.88. The lowest BCUT2D eigenvalue weighted by Crippen LogP contribution is -2.39. The van der Waals surface area contributed by atoms with Crippen molar-refractivity contribution < 1.29 is 14.7 Å². The Morgan fingerprint density at radius 2 is 1.70 bits per heavy atom. The first-order valence-corrected chi connectivity index (χ1v) is 7.47. The van der Waals surface area contributed by atoms with Crippen molar-refractivity contribution in [1.82, 2.24) is 10.6 Å². The van der Waals surface area contributed by atoms with Crippen LogP contribution in [0.2, 0.25) is 5.02 Å². The van der Waals surface area contributed by atoms with Crippen molar-refractivity contribution in [3.63, 3.8) is 0 Å². The lowest BCUT2D eigenvalue weighted by molar-refractivity contribution is -0.121. The molecular formula is C17H17ClN2O3. The highest BCUT2D eigenvalue weighted by Crippen LogP contribution is 2.16. The average molecular weight is 333 g/mol. The molecule has 0 radical (unpaired) electrons. The van der Waals surface area contributed by atoms with E-state index in [0.717, 1.165) is 5.56 Å². The zero-order chi connectivity index (χ0) is 16.7. The van der Waals surface area contributed by atoms with Gasteiger partial charge in [0.05, 0.1) is 19.2 Å². The number of hydrogen-bond acceptors (Lipinski definition) is 3. The molecule has 5 nitrogen and oxygen atoms in total. The summed E-state index contributed by atoms with van der Waals surface area (Å²) in [6, 6.07) is 14.9. The van der Waals surface area contributed by atoms with Crippen LogP contribution in [0.25, 0.3) is 0 Å². The van der Waals surface area contributed by atoms with Crippen LogP contribution in [0.5, 0.6) is 0 Å². The van der Waals surface area contributed by atoms with Gasteiger partial charge in [-0.25, -0.2) is 0 Å². The third-order valence-electron chi connectivity index (χ3n) is 3.24. The fourth-order valence-electron chi connectivity index (χ4n) is 2.03. The minimum absolute atomic E-state index is 0.169. The van der Waals surface area contributed by atoms with E-state index in [9.17, 15) is 14.7 Å². The number of carbonyl (C=O) groups excluding carboxylic acids is 2. The summed E-state index contributed by atoms with van der Waals surface area (Å²) in [6.45, 7) is -0.419. The number of rotatable bonds is 6. The summed E-state index contributed by atoms with van der Waals surface area (Å²) in [6.07, 6.45) is 0. The van der Waals surface area contributed by atoms with Crippen molar-refractivity contribution in [3.05, 3.63) is 70.7 Å². The zero-order valence-electron chi connectivity index (χ0n) is 12.3. The van der Waals surface area contributed by atoms with Gasteiger partial charge in [-0.15, -0.1) is 0 Å². The molecule has 0 bridgehead atoms.